The van der Waals surface area contributed by atoms with E-state index in [0.717, 1.165) is 25.3 Å². The van der Waals surface area contributed by atoms with Gasteiger partial charge in [-0.1, -0.05) is 38.3 Å². The molecule has 0 spiro atoms. The van der Waals surface area contributed by atoms with Gasteiger partial charge < -0.3 is 15.0 Å². The molecular formula is C21H34N2O. The van der Waals surface area contributed by atoms with Crippen LogP contribution in [0.25, 0.3) is 0 Å². The van der Waals surface area contributed by atoms with Crippen LogP contribution in [0.2, 0.25) is 0 Å². The molecule has 24 heavy (non-hydrogen) atoms. The van der Waals surface area contributed by atoms with Crippen LogP contribution in [0.4, 0.5) is 5.69 Å². The molecule has 2 fully saturated rings. The molecule has 1 aliphatic carbocycles. The molecule has 3 heteroatoms. The topological polar surface area (TPSA) is 24.5 Å². The van der Waals surface area contributed by atoms with Crippen molar-refractivity contribution in [3.63, 3.8) is 0 Å². The molecular weight excluding hydrogens is 296 g/mol. The zero-order valence-corrected chi connectivity index (χ0v) is 15.7. The van der Waals surface area contributed by atoms with Gasteiger partial charge in [0.25, 0.3) is 0 Å². The summed E-state index contributed by atoms with van der Waals surface area (Å²) < 4.78 is 5.82. The third-order valence-corrected chi connectivity index (χ3v) is 6.10. The molecule has 2 unspecified atom stereocenters. The first-order valence-electron chi connectivity index (χ1n) is 9.86. The number of nitrogens with zero attached hydrogens (tertiary/aromatic N) is 1. The molecule has 1 saturated heterocycles. The molecule has 0 bridgehead atoms. The minimum atomic E-state index is 0.182. The van der Waals surface area contributed by atoms with Gasteiger partial charge in [-0.15, -0.1) is 0 Å². The number of methoxy groups -OCH3 is 1. The second-order valence-electron chi connectivity index (χ2n) is 7.47. The fourth-order valence-electron chi connectivity index (χ4n) is 4.55. The molecule has 2 atom stereocenters. The fourth-order valence-corrected chi connectivity index (χ4v) is 4.55. The summed E-state index contributed by atoms with van der Waals surface area (Å²) in [7, 11) is 3.90. The van der Waals surface area contributed by atoms with E-state index in [-0.39, 0.29) is 6.23 Å². The lowest BCUT2D eigenvalue weighted by Crippen LogP contribution is -2.49. The highest BCUT2D eigenvalue weighted by Gasteiger charge is 2.29. The van der Waals surface area contributed by atoms with Gasteiger partial charge in [0.15, 0.2) is 0 Å². The highest BCUT2D eigenvalue weighted by molar-refractivity contribution is 5.56. The summed E-state index contributed by atoms with van der Waals surface area (Å²) in [6.45, 7) is 3.35. The molecule has 1 saturated carbocycles. The van der Waals surface area contributed by atoms with E-state index < -0.39 is 0 Å². The van der Waals surface area contributed by atoms with Crippen molar-refractivity contribution in [2.45, 2.75) is 76.5 Å². The van der Waals surface area contributed by atoms with Crippen LogP contribution in [0.5, 0.6) is 0 Å². The van der Waals surface area contributed by atoms with Crippen molar-refractivity contribution < 1.29 is 4.74 Å². The van der Waals surface area contributed by atoms with Crippen LogP contribution in [0.1, 0.15) is 68.9 Å². The summed E-state index contributed by atoms with van der Waals surface area (Å²) in [6, 6.07) is 7.82. The van der Waals surface area contributed by atoms with Crippen LogP contribution in [0.3, 0.4) is 0 Å². The van der Waals surface area contributed by atoms with Crippen LogP contribution >= 0.6 is 0 Å². The minimum absolute atomic E-state index is 0.182. The van der Waals surface area contributed by atoms with Crippen molar-refractivity contribution in [2.75, 3.05) is 25.6 Å². The van der Waals surface area contributed by atoms with Gasteiger partial charge in [0, 0.05) is 31.8 Å². The summed E-state index contributed by atoms with van der Waals surface area (Å²) in [5, 5.41) is 3.41. The van der Waals surface area contributed by atoms with E-state index in [1.807, 2.05) is 7.11 Å². The van der Waals surface area contributed by atoms with E-state index in [1.165, 1.54) is 49.8 Å². The lowest BCUT2D eigenvalue weighted by atomic mass is 9.83. The van der Waals surface area contributed by atoms with Crippen molar-refractivity contribution in [3.05, 3.63) is 29.3 Å². The fraction of sp³-hybridized carbons (Fsp3) is 0.714. The maximum Gasteiger partial charge on any atom is 0.131 e. The second kappa shape index (κ2) is 8.35. The predicted octanol–water partition coefficient (Wildman–Crippen LogP) is 4.46. The summed E-state index contributed by atoms with van der Waals surface area (Å²) in [6.07, 6.45) is 10.5. The zero-order valence-electron chi connectivity index (χ0n) is 15.7. The lowest BCUT2D eigenvalue weighted by Gasteiger charge is -2.41. The van der Waals surface area contributed by atoms with Crippen LogP contribution < -0.4 is 10.2 Å². The quantitative estimate of drug-likeness (QED) is 0.863. The Morgan fingerprint density at radius 1 is 1.17 bits per heavy atom. The average Bonchev–Trinajstić information content (AvgIpc) is 2.67. The number of hydrogen-bond donors (Lipinski definition) is 1. The number of hydrogen-bond acceptors (Lipinski definition) is 3. The van der Waals surface area contributed by atoms with E-state index in [1.54, 1.807) is 5.56 Å². The van der Waals surface area contributed by atoms with Gasteiger partial charge >= 0.3 is 0 Å². The maximum absolute atomic E-state index is 5.82. The normalized spacial score (nSPS) is 25.9. The Labute approximate surface area is 147 Å². The Balaban J connectivity index is 1.81. The Morgan fingerprint density at radius 3 is 2.62 bits per heavy atom. The summed E-state index contributed by atoms with van der Waals surface area (Å²) in [5.74, 6) is 0.784. The maximum atomic E-state index is 5.82. The third kappa shape index (κ3) is 3.78. The van der Waals surface area contributed by atoms with Crippen LogP contribution in [-0.4, -0.2) is 33.0 Å². The first-order chi connectivity index (χ1) is 11.8. The minimum Gasteiger partial charge on any atom is -0.362 e. The van der Waals surface area contributed by atoms with E-state index in [2.05, 4.69) is 42.4 Å². The average molecular weight is 331 g/mol. The molecule has 0 radical (unpaired) electrons. The van der Waals surface area contributed by atoms with E-state index >= 15 is 0 Å². The van der Waals surface area contributed by atoms with Gasteiger partial charge in [-0.2, -0.15) is 0 Å². The van der Waals surface area contributed by atoms with E-state index in [4.69, 9.17) is 4.74 Å². The first kappa shape index (κ1) is 17.8. The molecule has 1 N–H and O–H groups in total. The highest BCUT2D eigenvalue weighted by atomic mass is 16.5. The SMILES string of the molecule is CCc1cc(C2CCCCC2)ccc1N1CCC(NC)CC1OC. The standard InChI is InChI=1S/C21H34N2O/c1-4-16-14-18(17-8-6-5-7-9-17)10-11-20(16)23-13-12-19(22-2)15-21(23)24-3/h10-11,14,17,19,21-22H,4-9,12-13,15H2,1-3H3. The van der Waals surface area contributed by atoms with Crippen molar-refractivity contribution in [2.24, 2.45) is 0 Å². The number of rotatable bonds is 5. The van der Waals surface area contributed by atoms with Gasteiger partial charge in [-0.3, -0.25) is 0 Å². The Hall–Kier alpha value is -1.06. The number of piperidine rings is 1. The third-order valence-electron chi connectivity index (χ3n) is 6.10. The monoisotopic (exact) mass is 330 g/mol. The Bertz CT molecular complexity index is 525. The van der Waals surface area contributed by atoms with E-state index in [0.29, 0.717) is 6.04 Å². The molecule has 3 nitrogen and oxygen atoms in total. The van der Waals surface area contributed by atoms with Gasteiger partial charge in [0.2, 0.25) is 0 Å². The first-order valence-corrected chi connectivity index (χ1v) is 9.86. The van der Waals surface area contributed by atoms with Crippen molar-refractivity contribution in [1.82, 2.24) is 5.32 Å². The smallest absolute Gasteiger partial charge is 0.131 e. The molecule has 1 aromatic rings. The number of ether oxygens (including phenoxy) is 1. The number of nitrogens with one attached hydrogen (secondary N) is 1. The predicted molar refractivity (Wildman–Crippen MR) is 102 cm³/mol. The zero-order chi connectivity index (χ0) is 16.9. The number of benzene rings is 1. The molecule has 0 aromatic heterocycles. The molecule has 2 aliphatic rings. The van der Waals surface area contributed by atoms with Crippen LogP contribution in [-0.2, 0) is 11.2 Å². The van der Waals surface area contributed by atoms with Gasteiger partial charge in [-0.05, 0) is 55.8 Å². The molecule has 1 aromatic carbocycles. The highest BCUT2D eigenvalue weighted by Crippen LogP contribution is 2.36. The molecule has 134 valence electrons. The van der Waals surface area contributed by atoms with Gasteiger partial charge in [0.05, 0.1) is 0 Å². The number of aryl methyl sites for hydroxylation is 1. The van der Waals surface area contributed by atoms with Crippen molar-refractivity contribution in [3.8, 4) is 0 Å². The summed E-state index contributed by atoms with van der Waals surface area (Å²) in [5.41, 5.74) is 4.44. The lowest BCUT2D eigenvalue weighted by molar-refractivity contribution is 0.0679. The largest absolute Gasteiger partial charge is 0.362 e. The number of anilines is 1. The van der Waals surface area contributed by atoms with Gasteiger partial charge in [-0.25, -0.2) is 0 Å². The van der Waals surface area contributed by atoms with Crippen LogP contribution in [0.15, 0.2) is 18.2 Å². The Kier molecular flexibility index (Phi) is 6.18. The van der Waals surface area contributed by atoms with Gasteiger partial charge in [0.1, 0.15) is 6.23 Å². The van der Waals surface area contributed by atoms with Crippen molar-refractivity contribution in [1.29, 1.82) is 0 Å². The van der Waals surface area contributed by atoms with Crippen LogP contribution in [0, 0.1) is 0 Å². The molecule has 0 amide bonds. The summed E-state index contributed by atoms with van der Waals surface area (Å²) >= 11 is 0. The van der Waals surface area contributed by atoms with E-state index in [9.17, 15) is 0 Å². The molecule has 3 rings (SSSR count). The summed E-state index contributed by atoms with van der Waals surface area (Å²) in [4.78, 5) is 2.48. The Morgan fingerprint density at radius 2 is 1.96 bits per heavy atom. The van der Waals surface area contributed by atoms with Crippen molar-refractivity contribution >= 4 is 5.69 Å². The second-order valence-corrected chi connectivity index (χ2v) is 7.47. The molecule has 1 heterocycles. The molecule has 1 aliphatic heterocycles.